The molecule has 1 aromatic heterocycles. The van der Waals surface area contributed by atoms with Crippen LogP contribution in [0, 0.1) is 19.7 Å². The summed E-state index contributed by atoms with van der Waals surface area (Å²) in [5.74, 6) is -0.322. The Kier molecular flexibility index (Phi) is 4.00. The molecule has 0 bridgehead atoms. The molecule has 1 heterocycles. The van der Waals surface area contributed by atoms with Crippen molar-refractivity contribution in [3.05, 3.63) is 50.2 Å². The highest BCUT2D eigenvalue weighted by Gasteiger charge is 2.15. The molecule has 0 aliphatic rings. The van der Waals surface area contributed by atoms with Crippen molar-refractivity contribution in [3.63, 3.8) is 0 Å². The maximum absolute atomic E-state index is 13.7. The van der Waals surface area contributed by atoms with E-state index in [0.717, 1.165) is 10.7 Å². The summed E-state index contributed by atoms with van der Waals surface area (Å²) in [7, 11) is 0. The van der Waals surface area contributed by atoms with Crippen LogP contribution in [-0.4, -0.2) is 4.98 Å². The van der Waals surface area contributed by atoms with Gasteiger partial charge in [-0.1, -0.05) is 11.6 Å². The molecule has 2 aromatic rings. The standard InChI is InChI=1S/C13H14ClFN2S/c1-7-8(2)18-13(17-7)6-12(16)10-5-9(14)3-4-11(10)15/h3-5,12H,6,16H2,1-2H3. The van der Waals surface area contributed by atoms with E-state index in [9.17, 15) is 4.39 Å². The summed E-state index contributed by atoms with van der Waals surface area (Å²) in [5, 5.41) is 1.42. The molecule has 0 saturated heterocycles. The fourth-order valence-corrected chi connectivity index (χ4v) is 2.90. The van der Waals surface area contributed by atoms with E-state index in [1.807, 2.05) is 13.8 Å². The Balaban J connectivity index is 2.21. The third-order valence-corrected chi connectivity index (χ3v) is 4.16. The van der Waals surface area contributed by atoms with Crippen LogP contribution in [0.3, 0.4) is 0 Å². The van der Waals surface area contributed by atoms with Crippen LogP contribution in [0.15, 0.2) is 18.2 Å². The number of aromatic nitrogens is 1. The van der Waals surface area contributed by atoms with E-state index >= 15 is 0 Å². The van der Waals surface area contributed by atoms with Crippen molar-refractivity contribution in [2.24, 2.45) is 5.73 Å². The summed E-state index contributed by atoms with van der Waals surface area (Å²) in [6.45, 7) is 3.98. The Morgan fingerprint density at radius 2 is 2.17 bits per heavy atom. The van der Waals surface area contributed by atoms with Crippen LogP contribution in [0.2, 0.25) is 5.02 Å². The Bertz CT molecular complexity index is 549. The van der Waals surface area contributed by atoms with Gasteiger partial charge in [0.25, 0.3) is 0 Å². The van der Waals surface area contributed by atoms with E-state index in [0.29, 0.717) is 17.0 Å². The number of rotatable bonds is 3. The van der Waals surface area contributed by atoms with Crippen LogP contribution >= 0.6 is 22.9 Å². The Morgan fingerprint density at radius 1 is 1.44 bits per heavy atom. The van der Waals surface area contributed by atoms with Crippen molar-refractivity contribution < 1.29 is 4.39 Å². The predicted molar refractivity (Wildman–Crippen MR) is 73.6 cm³/mol. The largest absolute Gasteiger partial charge is 0.324 e. The zero-order valence-electron chi connectivity index (χ0n) is 10.2. The first-order valence-electron chi connectivity index (χ1n) is 5.61. The zero-order chi connectivity index (χ0) is 13.3. The number of benzene rings is 1. The molecule has 96 valence electrons. The monoisotopic (exact) mass is 284 g/mol. The van der Waals surface area contributed by atoms with E-state index in [4.69, 9.17) is 17.3 Å². The van der Waals surface area contributed by atoms with E-state index < -0.39 is 6.04 Å². The second-order valence-corrected chi connectivity index (χ2v) is 5.95. The number of nitrogens with two attached hydrogens (primary N) is 1. The van der Waals surface area contributed by atoms with Crippen LogP contribution in [-0.2, 0) is 6.42 Å². The molecule has 18 heavy (non-hydrogen) atoms. The third kappa shape index (κ3) is 2.88. The van der Waals surface area contributed by atoms with Crippen molar-refractivity contribution in [2.75, 3.05) is 0 Å². The topological polar surface area (TPSA) is 38.9 Å². The minimum Gasteiger partial charge on any atom is -0.324 e. The van der Waals surface area contributed by atoms with Gasteiger partial charge in [-0.05, 0) is 32.0 Å². The molecule has 0 radical (unpaired) electrons. The molecule has 0 amide bonds. The van der Waals surface area contributed by atoms with Crippen molar-refractivity contribution in [1.29, 1.82) is 0 Å². The first-order valence-corrected chi connectivity index (χ1v) is 6.80. The third-order valence-electron chi connectivity index (χ3n) is 2.82. The molecule has 0 fully saturated rings. The number of halogens is 2. The first kappa shape index (κ1) is 13.5. The molecule has 1 atom stereocenters. The summed E-state index contributed by atoms with van der Waals surface area (Å²) in [6.07, 6.45) is 0.524. The van der Waals surface area contributed by atoms with Gasteiger partial charge in [0.1, 0.15) is 5.82 Å². The molecule has 2 N–H and O–H groups in total. The molecule has 0 saturated carbocycles. The van der Waals surface area contributed by atoms with E-state index in [2.05, 4.69) is 4.98 Å². The fraction of sp³-hybridized carbons (Fsp3) is 0.308. The van der Waals surface area contributed by atoms with Crippen LogP contribution < -0.4 is 5.73 Å². The highest BCUT2D eigenvalue weighted by Crippen LogP contribution is 2.25. The van der Waals surface area contributed by atoms with Gasteiger partial charge in [0.2, 0.25) is 0 Å². The van der Waals surface area contributed by atoms with Gasteiger partial charge in [-0.3, -0.25) is 0 Å². The Labute approximate surface area is 115 Å². The molecule has 0 spiro atoms. The van der Waals surface area contributed by atoms with E-state index in [1.165, 1.54) is 17.0 Å². The van der Waals surface area contributed by atoms with Crippen LogP contribution in [0.4, 0.5) is 4.39 Å². The Morgan fingerprint density at radius 3 is 2.78 bits per heavy atom. The van der Waals surface area contributed by atoms with Gasteiger partial charge in [0, 0.05) is 27.9 Å². The van der Waals surface area contributed by atoms with Crippen molar-refractivity contribution in [2.45, 2.75) is 26.3 Å². The van der Waals surface area contributed by atoms with Gasteiger partial charge in [-0.2, -0.15) is 0 Å². The quantitative estimate of drug-likeness (QED) is 0.931. The van der Waals surface area contributed by atoms with Gasteiger partial charge in [-0.15, -0.1) is 11.3 Å². The molecule has 5 heteroatoms. The van der Waals surface area contributed by atoms with Crippen LogP contribution in [0.5, 0.6) is 0 Å². The van der Waals surface area contributed by atoms with Crippen molar-refractivity contribution in [3.8, 4) is 0 Å². The maximum atomic E-state index is 13.7. The first-order chi connectivity index (χ1) is 8.47. The number of aryl methyl sites for hydroxylation is 2. The molecular weight excluding hydrogens is 271 g/mol. The lowest BCUT2D eigenvalue weighted by Crippen LogP contribution is -2.15. The summed E-state index contributed by atoms with van der Waals surface area (Å²) in [4.78, 5) is 5.58. The highest BCUT2D eigenvalue weighted by atomic mass is 35.5. The molecular formula is C13H14ClFN2S. The number of hydrogen-bond donors (Lipinski definition) is 1. The summed E-state index contributed by atoms with van der Waals surface area (Å²) in [6, 6.07) is 4.02. The molecule has 2 rings (SSSR count). The maximum Gasteiger partial charge on any atom is 0.128 e. The van der Waals surface area contributed by atoms with Gasteiger partial charge in [0.05, 0.1) is 10.7 Å². The molecule has 0 aliphatic carbocycles. The lowest BCUT2D eigenvalue weighted by atomic mass is 10.0. The number of thiazole rings is 1. The molecule has 0 aliphatic heterocycles. The zero-order valence-corrected chi connectivity index (χ0v) is 11.8. The highest BCUT2D eigenvalue weighted by molar-refractivity contribution is 7.11. The lowest BCUT2D eigenvalue weighted by Gasteiger charge is -2.11. The summed E-state index contributed by atoms with van der Waals surface area (Å²) < 4.78 is 13.7. The minimum absolute atomic E-state index is 0.322. The second-order valence-electron chi connectivity index (χ2n) is 4.23. The van der Waals surface area contributed by atoms with E-state index in [1.54, 1.807) is 17.4 Å². The average Bonchev–Trinajstić information content (AvgIpc) is 2.61. The summed E-state index contributed by atoms with van der Waals surface area (Å²) >= 11 is 7.46. The van der Waals surface area contributed by atoms with Crippen molar-refractivity contribution in [1.82, 2.24) is 4.98 Å². The van der Waals surface area contributed by atoms with Crippen molar-refractivity contribution >= 4 is 22.9 Å². The minimum atomic E-state index is -0.423. The van der Waals surface area contributed by atoms with Gasteiger partial charge >= 0.3 is 0 Å². The van der Waals surface area contributed by atoms with Gasteiger partial charge < -0.3 is 5.73 Å². The fourth-order valence-electron chi connectivity index (χ4n) is 1.72. The smallest absolute Gasteiger partial charge is 0.128 e. The van der Waals surface area contributed by atoms with Gasteiger partial charge in [0.15, 0.2) is 0 Å². The summed E-state index contributed by atoms with van der Waals surface area (Å²) in [5.41, 5.74) is 7.47. The van der Waals surface area contributed by atoms with Gasteiger partial charge in [-0.25, -0.2) is 9.37 Å². The molecule has 2 nitrogen and oxygen atoms in total. The normalized spacial score (nSPS) is 12.7. The number of nitrogens with zero attached hydrogens (tertiary/aromatic N) is 1. The Hall–Kier alpha value is -0.970. The van der Waals surface area contributed by atoms with E-state index in [-0.39, 0.29) is 5.82 Å². The van der Waals surface area contributed by atoms with Crippen LogP contribution in [0.1, 0.15) is 27.2 Å². The average molecular weight is 285 g/mol. The lowest BCUT2D eigenvalue weighted by molar-refractivity contribution is 0.580. The predicted octanol–water partition coefficient (Wildman–Crippen LogP) is 3.79. The molecule has 1 aromatic carbocycles. The SMILES string of the molecule is Cc1nc(CC(N)c2cc(Cl)ccc2F)sc1C. The number of hydrogen-bond acceptors (Lipinski definition) is 3. The molecule has 1 unspecified atom stereocenters. The second kappa shape index (κ2) is 5.34. The van der Waals surface area contributed by atoms with Crippen LogP contribution in [0.25, 0.3) is 0 Å².